The van der Waals surface area contributed by atoms with Crippen molar-refractivity contribution in [3.63, 3.8) is 0 Å². The third-order valence-electron chi connectivity index (χ3n) is 10.2. The van der Waals surface area contributed by atoms with Crippen molar-refractivity contribution in [1.82, 2.24) is 4.98 Å². The van der Waals surface area contributed by atoms with Crippen molar-refractivity contribution < 1.29 is 29.4 Å². The Labute approximate surface area is 345 Å². The lowest BCUT2D eigenvalue weighted by Gasteiger charge is -2.09. The third kappa shape index (κ3) is 7.69. The van der Waals surface area contributed by atoms with E-state index in [-0.39, 0.29) is 47.2 Å². The lowest BCUT2D eigenvalue weighted by Crippen LogP contribution is -2.14. The van der Waals surface area contributed by atoms with Crippen LogP contribution in [0.1, 0.15) is 57.2 Å². The zero-order valence-electron chi connectivity index (χ0n) is 31.3. The van der Waals surface area contributed by atoms with Crippen molar-refractivity contribution in [3.8, 4) is 32.1 Å². The van der Waals surface area contributed by atoms with Crippen LogP contribution in [0.2, 0.25) is 0 Å². The fraction of sp³-hybridized carbons (Fsp3) is 0.130. The van der Waals surface area contributed by atoms with Gasteiger partial charge in [0.05, 0.1) is 26.8 Å². The van der Waals surface area contributed by atoms with Gasteiger partial charge in [-0.3, -0.25) is 9.59 Å². The summed E-state index contributed by atoms with van der Waals surface area (Å²) in [7, 11) is 0. The summed E-state index contributed by atoms with van der Waals surface area (Å²) in [5.74, 6) is -2.75. The number of fused-ring (bicyclic) bond motifs is 2. The number of para-hydroxylation sites is 1. The zero-order valence-corrected chi connectivity index (χ0v) is 33.7. The van der Waals surface area contributed by atoms with Gasteiger partial charge in [0.2, 0.25) is 11.8 Å². The minimum atomic E-state index is -1.11. The van der Waals surface area contributed by atoms with Gasteiger partial charge in [0, 0.05) is 55.5 Å². The lowest BCUT2D eigenvalue weighted by molar-refractivity contribution is -0.117. The Morgan fingerprint density at radius 2 is 1.22 bits per heavy atom. The van der Waals surface area contributed by atoms with E-state index in [1.54, 1.807) is 10.8 Å². The Bertz CT molecular complexity index is 2850. The maximum absolute atomic E-state index is 13.3. The van der Waals surface area contributed by atoms with E-state index in [1.807, 2.05) is 109 Å². The van der Waals surface area contributed by atoms with Gasteiger partial charge in [-0.05, 0) is 53.1 Å². The number of aromatic amines is 1. The van der Waals surface area contributed by atoms with Gasteiger partial charge in [-0.25, -0.2) is 9.59 Å². The highest BCUT2D eigenvalue weighted by molar-refractivity contribution is 7.19. The Balaban J connectivity index is 0.983. The summed E-state index contributed by atoms with van der Waals surface area (Å²) in [5.41, 5.74) is 8.13. The minimum absolute atomic E-state index is 0.0705. The number of aryl methyl sites for hydroxylation is 3. The van der Waals surface area contributed by atoms with Crippen molar-refractivity contribution in [2.24, 2.45) is 0 Å². The quantitative estimate of drug-likeness (QED) is 0.0737. The Hall–Kier alpha value is -6.34. The van der Waals surface area contributed by atoms with Gasteiger partial charge >= 0.3 is 11.9 Å². The minimum Gasteiger partial charge on any atom is -0.478 e. The van der Waals surface area contributed by atoms with Gasteiger partial charge in [0.25, 0.3) is 0 Å². The summed E-state index contributed by atoms with van der Waals surface area (Å²) in [5, 5.41) is 33.6. The average Bonchev–Trinajstić information content (AvgIpc) is 4.03. The van der Waals surface area contributed by atoms with Gasteiger partial charge in [-0.2, -0.15) is 0 Å². The zero-order chi connectivity index (χ0) is 40.3. The Morgan fingerprint density at radius 1 is 0.621 bits per heavy atom. The normalized spacial score (nSPS) is 11.3. The van der Waals surface area contributed by atoms with Gasteiger partial charge in [0.15, 0.2) is 0 Å². The number of nitrogens with one attached hydrogen (secondary N) is 3. The van der Waals surface area contributed by atoms with E-state index in [0.717, 1.165) is 66.5 Å². The largest absolute Gasteiger partial charge is 0.478 e. The van der Waals surface area contributed by atoms with Crippen molar-refractivity contribution in [3.05, 3.63) is 141 Å². The highest BCUT2D eigenvalue weighted by Gasteiger charge is 2.26. The number of rotatable bonds is 14. The number of aromatic nitrogens is 1. The molecule has 2 amide bonds. The molecule has 58 heavy (non-hydrogen) atoms. The molecule has 12 heteroatoms. The summed E-state index contributed by atoms with van der Waals surface area (Å²) in [6, 6.07) is 31.5. The van der Waals surface area contributed by atoms with E-state index in [9.17, 15) is 29.4 Å². The van der Waals surface area contributed by atoms with Gasteiger partial charge in [0.1, 0.15) is 11.1 Å². The van der Waals surface area contributed by atoms with Crippen LogP contribution in [0.3, 0.4) is 0 Å². The predicted molar refractivity (Wildman–Crippen MR) is 236 cm³/mol. The van der Waals surface area contributed by atoms with Crippen LogP contribution in [-0.4, -0.2) is 39.0 Å². The van der Waals surface area contributed by atoms with E-state index in [1.165, 1.54) is 34.0 Å². The molecule has 0 aliphatic carbocycles. The summed E-state index contributed by atoms with van der Waals surface area (Å²) < 4.78 is 0.987. The smallest absolute Gasteiger partial charge is 0.339 e. The summed E-state index contributed by atoms with van der Waals surface area (Å²) >= 11 is 4.11. The number of carbonyl (C=O) groups excluding carboxylic acids is 2. The number of benzene rings is 4. The number of anilines is 2. The molecule has 9 nitrogen and oxygen atoms in total. The van der Waals surface area contributed by atoms with E-state index < -0.39 is 11.9 Å². The van der Waals surface area contributed by atoms with Crippen LogP contribution in [0.4, 0.5) is 11.4 Å². The fourth-order valence-electron chi connectivity index (χ4n) is 7.41. The first-order chi connectivity index (χ1) is 28.2. The molecule has 5 N–H and O–H groups in total. The Morgan fingerprint density at radius 3 is 1.93 bits per heavy atom. The number of hydrogen-bond acceptors (Lipinski definition) is 7. The molecule has 0 fully saturated rings. The van der Waals surface area contributed by atoms with Crippen LogP contribution in [0.15, 0.2) is 113 Å². The number of hydrogen-bond donors (Lipinski definition) is 5. The average molecular weight is 824 g/mol. The van der Waals surface area contributed by atoms with Gasteiger partial charge in [-0.1, -0.05) is 97.9 Å². The first-order valence-electron chi connectivity index (χ1n) is 18.7. The van der Waals surface area contributed by atoms with Gasteiger partial charge < -0.3 is 25.8 Å². The van der Waals surface area contributed by atoms with Crippen LogP contribution < -0.4 is 10.6 Å². The first-order valence-corrected chi connectivity index (χ1v) is 21.4. The second-order valence-electron chi connectivity index (χ2n) is 13.8. The lowest BCUT2D eigenvalue weighted by atomic mass is 9.98. The van der Waals surface area contributed by atoms with Crippen molar-refractivity contribution in [2.45, 2.75) is 39.0 Å². The summed E-state index contributed by atoms with van der Waals surface area (Å²) in [6.07, 6.45) is 2.08. The Kier molecular flexibility index (Phi) is 11.1. The number of thiophene rings is 3. The number of carbonyl (C=O) groups is 4. The van der Waals surface area contributed by atoms with Crippen LogP contribution in [0, 0.1) is 0 Å². The SMILES string of the molecule is CCc1c(-c2scc(NC(=O)CCc3cccc(-c4cccc5c(-c6scc(NC(=O)CCc7ccccc7)c6C(=O)O)csc45)c3)c2C(=O)O)[nH]c2ccccc12. The molecule has 0 aliphatic heterocycles. The fourth-order valence-corrected chi connectivity index (χ4v) is 10.6. The summed E-state index contributed by atoms with van der Waals surface area (Å²) in [6.45, 7) is 2.04. The van der Waals surface area contributed by atoms with E-state index in [4.69, 9.17) is 0 Å². The molecule has 4 aromatic heterocycles. The molecule has 8 aromatic rings. The van der Waals surface area contributed by atoms with Crippen molar-refractivity contribution >= 4 is 90.1 Å². The molecule has 8 rings (SSSR count). The van der Waals surface area contributed by atoms with Crippen molar-refractivity contribution in [1.29, 1.82) is 0 Å². The molecule has 4 heterocycles. The van der Waals surface area contributed by atoms with E-state index in [0.29, 0.717) is 22.6 Å². The van der Waals surface area contributed by atoms with Crippen LogP contribution in [0.25, 0.3) is 53.1 Å². The monoisotopic (exact) mass is 823 g/mol. The van der Waals surface area contributed by atoms with Crippen LogP contribution in [-0.2, 0) is 28.9 Å². The first kappa shape index (κ1) is 38.5. The molecule has 0 saturated carbocycles. The van der Waals surface area contributed by atoms with Crippen molar-refractivity contribution in [2.75, 3.05) is 10.6 Å². The summed E-state index contributed by atoms with van der Waals surface area (Å²) in [4.78, 5) is 55.9. The highest BCUT2D eigenvalue weighted by Crippen LogP contribution is 2.45. The number of amides is 2. The maximum atomic E-state index is 13.3. The van der Waals surface area contributed by atoms with Crippen LogP contribution >= 0.6 is 34.0 Å². The molecule has 0 atom stereocenters. The molecular formula is C46H37N3O6S3. The second-order valence-corrected chi connectivity index (χ2v) is 16.4. The molecule has 0 unspecified atom stereocenters. The second kappa shape index (κ2) is 16.6. The molecular weight excluding hydrogens is 787 g/mol. The van der Waals surface area contributed by atoms with Gasteiger partial charge in [-0.15, -0.1) is 34.0 Å². The third-order valence-corrected chi connectivity index (χ3v) is 13.2. The topological polar surface area (TPSA) is 149 Å². The molecule has 0 spiro atoms. The van der Waals surface area contributed by atoms with E-state index in [2.05, 4.69) is 15.6 Å². The molecule has 290 valence electrons. The molecule has 0 bridgehead atoms. The standard InChI is InChI=1S/C46H37N3O6S3/c1-2-29-31-14-6-7-17-34(31)49-41(29)44-40(46(54)55)36(25-58-44)48-38(51)21-19-27-12-8-13-28(22-27)30-15-9-16-32-33(23-56-42(30)32)43-39(45(52)53)35(24-57-43)47-37(50)20-18-26-10-4-3-5-11-26/h3-17,22-25,49H,2,18-21H2,1H3,(H,47,50)(H,48,51)(H,52,53)(H,54,55). The number of aromatic carboxylic acids is 2. The predicted octanol–water partition coefficient (Wildman–Crippen LogP) is 11.6. The number of carboxylic acids is 2. The highest BCUT2D eigenvalue weighted by atomic mass is 32.1. The molecule has 0 saturated heterocycles. The molecule has 0 radical (unpaired) electrons. The maximum Gasteiger partial charge on any atom is 0.339 e. The van der Waals surface area contributed by atoms with Crippen LogP contribution in [0.5, 0.6) is 0 Å². The molecule has 0 aliphatic rings. The molecule has 4 aromatic carbocycles. The number of carboxylic acid groups (broad SMARTS) is 2. The number of H-pyrrole nitrogens is 1. The van der Waals surface area contributed by atoms with E-state index >= 15 is 0 Å².